The molecule has 0 unspecified atom stereocenters. The van der Waals surface area contributed by atoms with Crippen molar-refractivity contribution in [3.05, 3.63) is 35.6 Å². The van der Waals surface area contributed by atoms with E-state index in [9.17, 15) is 23.6 Å². The molecule has 1 fully saturated rings. The molecule has 1 aromatic rings. The Labute approximate surface area is 235 Å². The van der Waals surface area contributed by atoms with Gasteiger partial charge in [-0.2, -0.15) is 4.90 Å². The maximum absolute atomic E-state index is 13.5. The Balaban J connectivity index is 2.45. The summed E-state index contributed by atoms with van der Waals surface area (Å²) in [6, 6.07) is 4.31. The number of hydrogen-bond acceptors (Lipinski definition) is 9. The van der Waals surface area contributed by atoms with Gasteiger partial charge >= 0.3 is 24.1 Å². The van der Waals surface area contributed by atoms with Gasteiger partial charge in [-0.05, 0) is 72.6 Å². The van der Waals surface area contributed by atoms with Crippen LogP contribution in [0.15, 0.2) is 24.3 Å². The van der Waals surface area contributed by atoms with Crippen molar-refractivity contribution in [2.24, 2.45) is 11.8 Å². The summed E-state index contributed by atoms with van der Waals surface area (Å²) in [4.78, 5) is 52.9. The molecule has 1 saturated heterocycles. The van der Waals surface area contributed by atoms with E-state index >= 15 is 0 Å². The zero-order valence-corrected chi connectivity index (χ0v) is 24.8. The largest absolute Gasteiger partial charge is 0.458 e. The van der Waals surface area contributed by atoms with Crippen LogP contribution in [0.25, 0.3) is 0 Å². The minimum atomic E-state index is -1.54. The average molecular weight is 568 g/mol. The highest BCUT2D eigenvalue weighted by molar-refractivity contribution is 5.94. The maximum atomic E-state index is 13.5. The molecule has 2 amide bonds. The van der Waals surface area contributed by atoms with Crippen molar-refractivity contribution >= 4 is 24.1 Å². The Morgan fingerprint density at radius 2 is 1.50 bits per heavy atom. The topological polar surface area (TPSA) is 118 Å². The van der Waals surface area contributed by atoms with Gasteiger partial charge in [0, 0.05) is 5.92 Å². The standard InChI is InChI=1S/C29H42FNO9/c1-17(2)24(32)38-23-18(3)37-25(33)22(16-36-15-20(23)14-19-10-12-21(30)13-11-19)31(26(34)39-28(4,5)6)27(35)40-29(7,8)9/h10-13,17-18,20,22-23H,14-16H2,1-9H3/t18-,20-,22-,23-/m0/s1. The Kier molecular flexibility index (Phi) is 11.1. The lowest BCUT2D eigenvalue weighted by Crippen LogP contribution is -2.54. The summed E-state index contributed by atoms with van der Waals surface area (Å²) < 4.78 is 41.6. The molecule has 1 aliphatic heterocycles. The average Bonchev–Trinajstić information content (AvgIpc) is 2.83. The summed E-state index contributed by atoms with van der Waals surface area (Å²) in [6.07, 6.45) is -3.82. The summed E-state index contributed by atoms with van der Waals surface area (Å²) in [5, 5.41) is 0. The van der Waals surface area contributed by atoms with Crippen LogP contribution in [0.4, 0.5) is 14.0 Å². The van der Waals surface area contributed by atoms with Crippen molar-refractivity contribution in [2.75, 3.05) is 13.2 Å². The van der Waals surface area contributed by atoms with Crippen molar-refractivity contribution in [3.63, 3.8) is 0 Å². The third kappa shape index (κ3) is 10.1. The van der Waals surface area contributed by atoms with Gasteiger partial charge in [0.1, 0.15) is 29.2 Å². The van der Waals surface area contributed by atoms with E-state index in [-0.39, 0.29) is 6.61 Å². The number of esters is 2. The lowest BCUT2D eigenvalue weighted by Gasteiger charge is -2.32. The van der Waals surface area contributed by atoms with Crippen molar-refractivity contribution < 1.29 is 47.3 Å². The van der Waals surface area contributed by atoms with Gasteiger partial charge in [-0.25, -0.2) is 18.8 Å². The summed E-state index contributed by atoms with van der Waals surface area (Å²) in [7, 11) is 0. The van der Waals surface area contributed by atoms with Crippen LogP contribution < -0.4 is 0 Å². The Morgan fingerprint density at radius 3 is 1.98 bits per heavy atom. The highest BCUT2D eigenvalue weighted by atomic mass is 19.1. The molecule has 2 rings (SSSR count). The van der Waals surface area contributed by atoms with E-state index in [2.05, 4.69) is 0 Å². The second-order valence-corrected chi connectivity index (χ2v) is 12.2. The van der Waals surface area contributed by atoms with Crippen LogP contribution in [-0.2, 0) is 39.7 Å². The molecule has 1 aliphatic rings. The lowest BCUT2D eigenvalue weighted by atomic mass is 9.91. The molecule has 0 saturated carbocycles. The monoisotopic (exact) mass is 567 g/mol. The smallest absolute Gasteiger partial charge is 0.420 e. The zero-order valence-electron chi connectivity index (χ0n) is 24.8. The second-order valence-electron chi connectivity index (χ2n) is 12.2. The molecule has 0 N–H and O–H groups in total. The molecular formula is C29H42FNO9. The first-order valence-corrected chi connectivity index (χ1v) is 13.4. The quantitative estimate of drug-likeness (QED) is 0.356. The Bertz CT molecular complexity index is 1020. The summed E-state index contributed by atoms with van der Waals surface area (Å²) in [5.41, 5.74) is -1.21. The summed E-state index contributed by atoms with van der Waals surface area (Å²) >= 11 is 0. The van der Waals surface area contributed by atoms with E-state index in [0.29, 0.717) is 11.3 Å². The van der Waals surface area contributed by atoms with Gasteiger partial charge in [-0.15, -0.1) is 0 Å². The minimum Gasteiger partial charge on any atom is -0.458 e. The van der Waals surface area contributed by atoms with E-state index < -0.39 is 77.8 Å². The van der Waals surface area contributed by atoms with Crippen LogP contribution in [0.1, 0.15) is 67.9 Å². The van der Waals surface area contributed by atoms with Gasteiger partial charge < -0.3 is 23.7 Å². The Morgan fingerprint density at radius 1 is 0.975 bits per heavy atom. The number of carbonyl (C=O) groups excluding carboxylic acids is 4. The highest BCUT2D eigenvalue weighted by Crippen LogP contribution is 2.26. The first-order valence-electron chi connectivity index (χ1n) is 13.4. The van der Waals surface area contributed by atoms with Gasteiger partial charge in [-0.3, -0.25) is 4.79 Å². The lowest BCUT2D eigenvalue weighted by molar-refractivity contribution is -0.174. The number of benzene rings is 1. The number of imide groups is 1. The molecule has 0 radical (unpaired) electrons. The fourth-order valence-electron chi connectivity index (χ4n) is 3.90. The molecular weight excluding hydrogens is 525 g/mol. The first kappa shape index (κ1) is 33.0. The van der Waals surface area contributed by atoms with Crippen LogP contribution in [0.3, 0.4) is 0 Å². The van der Waals surface area contributed by atoms with Crippen LogP contribution in [-0.4, -0.2) is 71.7 Å². The van der Waals surface area contributed by atoms with E-state index in [4.69, 9.17) is 23.7 Å². The number of ether oxygens (including phenoxy) is 5. The molecule has 40 heavy (non-hydrogen) atoms. The van der Waals surface area contributed by atoms with Crippen LogP contribution >= 0.6 is 0 Å². The van der Waals surface area contributed by atoms with Crippen LogP contribution in [0, 0.1) is 17.7 Å². The van der Waals surface area contributed by atoms with Gasteiger partial charge in [0.15, 0.2) is 6.04 Å². The molecule has 0 aromatic heterocycles. The third-order valence-corrected chi connectivity index (χ3v) is 5.74. The van der Waals surface area contributed by atoms with Crippen molar-refractivity contribution in [3.8, 4) is 0 Å². The molecule has 1 aromatic carbocycles. The Hall–Kier alpha value is -3.21. The predicted molar refractivity (Wildman–Crippen MR) is 143 cm³/mol. The van der Waals surface area contributed by atoms with Gasteiger partial charge in [0.2, 0.25) is 0 Å². The van der Waals surface area contributed by atoms with Crippen molar-refractivity contribution in [2.45, 2.75) is 98.2 Å². The van der Waals surface area contributed by atoms with Crippen LogP contribution in [0.2, 0.25) is 0 Å². The van der Waals surface area contributed by atoms with Gasteiger partial charge in [0.25, 0.3) is 0 Å². The van der Waals surface area contributed by atoms with Crippen molar-refractivity contribution in [1.29, 1.82) is 0 Å². The third-order valence-electron chi connectivity index (χ3n) is 5.74. The van der Waals surface area contributed by atoms with E-state index in [1.54, 1.807) is 74.4 Å². The zero-order chi connectivity index (χ0) is 30.4. The molecule has 10 nitrogen and oxygen atoms in total. The first-order chi connectivity index (χ1) is 18.4. The molecule has 0 aliphatic carbocycles. The maximum Gasteiger partial charge on any atom is 0.420 e. The summed E-state index contributed by atoms with van der Waals surface area (Å²) in [5.74, 6) is -2.82. The number of nitrogens with zero attached hydrogens (tertiary/aromatic N) is 1. The molecule has 1 heterocycles. The highest BCUT2D eigenvalue weighted by Gasteiger charge is 2.44. The molecule has 0 spiro atoms. The molecule has 4 atom stereocenters. The van der Waals surface area contributed by atoms with E-state index in [1.165, 1.54) is 12.1 Å². The fraction of sp³-hybridized carbons (Fsp3) is 0.655. The van der Waals surface area contributed by atoms with E-state index in [0.717, 1.165) is 5.56 Å². The SMILES string of the molecule is CC(C)C(=O)O[C@@H]1[C@@H](Cc2ccc(F)cc2)COC[C@H](N(C(=O)OC(C)(C)C)C(=O)OC(C)(C)C)C(=O)O[C@H]1C. The van der Waals surface area contributed by atoms with Gasteiger partial charge in [-0.1, -0.05) is 26.0 Å². The second kappa shape index (κ2) is 13.4. The minimum absolute atomic E-state index is 0.0264. The van der Waals surface area contributed by atoms with E-state index in [1.807, 2.05) is 0 Å². The number of rotatable bonds is 5. The number of amides is 2. The van der Waals surface area contributed by atoms with Crippen LogP contribution in [0.5, 0.6) is 0 Å². The normalized spacial score (nSPS) is 22.3. The predicted octanol–water partition coefficient (Wildman–Crippen LogP) is 5.05. The molecule has 0 bridgehead atoms. The number of cyclic esters (lactones) is 1. The number of halogens is 1. The fourth-order valence-corrected chi connectivity index (χ4v) is 3.90. The number of carbonyl (C=O) groups is 4. The van der Waals surface area contributed by atoms with Gasteiger partial charge in [0.05, 0.1) is 19.1 Å². The molecule has 11 heteroatoms. The van der Waals surface area contributed by atoms with Crippen molar-refractivity contribution in [1.82, 2.24) is 4.90 Å². The number of hydrogen-bond donors (Lipinski definition) is 0. The molecule has 224 valence electrons. The summed E-state index contributed by atoms with van der Waals surface area (Å²) in [6.45, 7) is 14.2.